The normalized spacial score (nSPS) is 11.7. The summed E-state index contributed by atoms with van der Waals surface area (Å²) in [6.45, 7) is 3.84. The third-order valence-electron chi connectivity index (χ3n) is 6.49. The Bertz CT molecular complexity index is 1650. The highest BCUT2D eigenvalue weighted by molar-refractivity contribution is 8.00. The molecule has 1 atom stereocenters. The van der Waals surface area contributed by atoms with Gasteiger partial charge < -0.3 is 21.7 Å². The minimum absolute atomic E-state index is 0.0920. The van der Waals surface area contributed by atoms with Crippen LogP contribution < -0.4 is 21.7 Å². The molecule has 0 aromatic heterocycles. The number of thioether (sulfide) groups is 1. The van der Waals surface area contributed by atoms with Crippen molar-refractivity contribution in [2.75, 3.05) is 10.6 Å². The van der Waals surface area contributed by atoms with Crippen LogP contribution in [0, 0.1) is 6.92 Å². The molecule has 0 saturated carbocycles. The van der Waals surface area contributed by atoms with Crippen LogP contribution >= 0.6 is 11.8 Å². The lowest BCUT2D eigenvalue weighted by molar-refractivity contribution is -0.116. The van der Waals surface area contributed by atoms with E-state index in [9.17, 15) is 19.2 Å². The van der Waals surface area contributed by atoms with E-state index in [-0.39, 0.29) is 11.6 Å². The molecule has 4 rings (SSSR count). The highest BCUT2D eigenvalue weighted by Crippen LogP contribution is 2.29. The fraction of sp³-hybridized carbons (Fsp3) is 0.118. The second-order valence-electron chi connectivity index (χ2n) is 9.66. The number of carbonyl (C=O) groups is 4. The molecule has 0 heterocycles. The first-order valence-corrected chi connectivity index (χ1v) is 14.5. The number of benzene rings is 4. The summed E-state index contributed by atoms with van der Waals surface area (Å²) in [5.41, 5.74) is 8.98. The Morgan fingerprint density at radius 2 is 1.49 bits per heavy atom. The predicted molar refractivity (Wildman–Crippen MR) is 172 cm³/mol. The summed E-state index contributed by atoms with van der Waals surface area (Å²) in [5, 5.41) is 8.10. The zero-order chi connectivity index (χ0) is 30.8. The van der Waals surface area contributed by atoms with Crippen molar-refractivity contribution in [3.05, 3.63) is 131 Å². The highest BCUT2D eigenvalue weighted by Gasteiger charge is 2.20. The molecule has 4 aromatic rings. The SMILES string of the molecule is CCC(Sc1cccc(NC(=O)/C(=C/c2ccccc2C)NC(=O)c2ccccc2)c1)C(=O)Nc1ccc(C(N)=O)cc1. The van der Waals surface area contributed by atoms with Gasteiger partial charge in [0.25, 0.3) is 11.8 Å². The van der Waals surface area contributed by atoms with Gasteiger partial charge in [-0.25, -0.2) is 0 Å². The van der Waals surface area contributed by atoms with Crippen molar-refractivity contribution in [2.24, 2.45) is 5.73 Å². The molecule has 0 aliphatic rings. The van der Waals surface area contributed by atoms with Gasteiger partial charge in [-0.05, 0) is 85.1 Å². The molecule has 0 saturated heterocycles. The smallest absolute Gasteiger partial charge is 0.272 e. The first-order chi connectivity index (χ1) is 20.7. The summed E-state index contributed by atoms with van der Waals surface area (Å²) in [4.78, 5) is 51.5. The number of aryl methyl sites for hydroxylation is 1. The summed E-state index contributed by atoms with van der Waals surface area (Å²) in [6.07, 6.45) is 2.21. The molecule has 0 radical (unpaired) electrons. The lowest BCUT2D eigenvalue weighted by Crippen LogP contribution is -2.30. The van der Waals surface area contributed by atoms with Gasteiger partial charge in [-0.15, -0.1) is 11.8 Å². The maximum absolute atomic E-state index is 13.5. The van der Waals surface area contributed by atoms with Crippen LogP contribution in [0.3, 0.4) is 0 Å². The van der Waals surface area contributed by atoms with E-state index < -0.39 is 23.0 Å². The summed E-state index contributed by atoms with van der Waals surface area (Å²) >= 11 is 1.36. The van der Waals surface area contributed by atoms with Crippen molar-refractivity contribution in [3.8, 4) is 0 Å². The minimum Gasteiger partial charge on any atom is -0.366 e. The van der Waals surface area contributed by atoms with Crippen LogP contribution in [0.15, 0.2) is 114 Å². The first kappa shape index (κ1) is 30.8. The number of nitrogens with one attached hydrogen (secondary N) is 3. The minimum atomic E-state index is -0.539. The molecule has 0 bridgehead atoms. The molecular formula is C34H32N4O4S. The molecular weight excluding hydrogens is 560 g/mol. The van der Waals surface area contributed by atoms with Gasteiger partial charge in [0.05, 0.1) is 5.25 Å². The zero-order valence-electron chi connectivity index (χ0n) is 23.8. The van der Waals surface area contributed by atoms with Gasteiger partial charge in [-0.3, -0.25) is 19.2 Å². The number of anilines is 2. The number of primary amides is 1. The van der Waals surface area contributed by atoms with Gasteiger partial charge in [0.2, 0.25) is 11.8 Å². The van der Waals surface area contributed by atoms with Crippen molar-refractivity contribution < 1.29 is 19.2 Å². The Labute approximate surface area is 254 Å². The van der Waals surface area contributed by atoms with E-state index in [1.54, 1.807) is 72.8 Å². The third-order valence-corrected chi connectivity index (χ3v) is 7.85. The van der Waals surface area contributed by atoms with Crippen LogP contribution in [0.25, 0.3) is 6.08 Å². The van der Waals surface area contributed by atoms with Gasteiger partial charge in [-0.2, -0.15) is 0 Å². The summed E-state index contributed by atoms with van der Waals surface area (Å²) in [7, 11) is 0. The molecule has 218 valence electrons. The fourth-order valence-electron chi connectivity index (χ4n) is 4.12. The van der Waals surface area contributed by atoms with Crippen molar-refractivity contribution in [3.63, 3.8) is 0 Å². The standard InChI is InChI=1S/C34H32N4O4S/c1-3-30(34(42)36-26-18-16-23(17-19-26)31(35)39)43-28-15-9-14-27(21-28)37-33(41)29(20-25-13-8-7-10-22(25)2)38-32(40)24-11-5-4-6-12-24/h4-21,30H,3H2,1-2H3,(H2,35,39)(H,36,42)(H,37,41)(H,38,40)/b29-20-. The van der Waals surface area contributed by atoms with Crippen LogP contribution in [-0.4, -0.2) is 28.9 Å². The number of nitrogens with two attached hydrogens (primary N) is 1. The number of hydrogen-bond acceptors (Lipinski definition) is 5. The van der Waals surface area contributed by atoms with Gasteiger partial charge in [0, 0.05) is 27.4 Å². The van der Waals surface area contributed by atoms with Gasteiger partial charge in [-0.1, -0.05) is 55.5 Å². The second kappa shape index (κ2) is 14.7. The number of amides is 4. The monoisotopic (exact) mass is 592 g/mol. The zero-order valence-corrected chi connectivity index (χ0v) is 24.6. The van der Waals surface area contributed by atoms with E-state index in [1.165, 1.54) is 11.8 Å². The van der Waals surface area contributed by atoms with Crippen molar-refractivity contribution in [2.45, 2.75) is 30.4 Å². The van der Waals surface area contributed by atoms with E-state index in [4.69, 9.17) is 5.73 Å². The quantitative estimate of drug-likeness (QED) is 0.125. The molecule has 4 aromatic carbocycles. The molecule has 0 spiro atoms. The van der Waals surface area contributed by atoms with Crippen LogP contribution in [0.5, 0.6) is 0 Å². The molecule has 0 aliphatic heterocycles. The number of carbonyl (C=O) groups excluding carboxylic acids is 4. The van der Waals surface area contributed by atoms with E-state index in [0.717, 1.165) is 16.0 Å². The maximum atomic E-state index is 13.5. The lowest BCUT2D eigenvalue weighted by Gasteiger charge is -2.16. The molecule has 0 fully saturated rings. The Morgan fingerprint density at radius 3 is 2.16 bits per heavy atom. The van der Waals surface area contributed by atoms with E-state index >= 15 is 0 Å². The average Bonchev–Trinajstić information content (AvgIpc) is 3.01. The Morgan fingerprint density at radius 1 is 0.791 bits per heavy atom. The maximum Gasteiger partial charge on any atom is 0.272 e. The summed E-state index contributed by atoms with van der Waals surface area (Å²) in [5.74, 6) is -1.62. The molecule has 43 heavy (non-hydrogen) atoms. The molecule has 5 N–H and O–H groups in total. The van der Waals surface area contributed by atoms with Crippen LogP contribution in [-0.2, 0) is 9.59 Å². The Balaban J connectivity index is 1.49. The Hall–Kier alpha value is -5.15. The van der Waals surface area contributed by atoms with Crippen LogP contribution in [0.2, 0.25) is 0 Å². The van der Waals surface area contributed by atoms with Crippen molar-refractivity contribution in [1.82, 2.24) is 5.32 Å². The molecule has 0 aliphatic carbocycles. The highest BCUT2D eigenvalue weighted by atomic mass is 32.2. The topological polar surface area (TPSA) is 130 Å². The Kier molecular flexibility index (Phi) is 10.5. The summed E-state index contributed by atoms with van der Waals surface area (Å²) < 4.78 is 0. The predicted octanol–water partition coefficient (Wildman–Crippen LogP) is 6.01. The van der Waals surface area contributed by atoms with Gasteiger partial charge >= 0.3 is 0 Å². The second-order valence-corrected chi connectivity index (χ2v) is 10.9. The molecule has 8 nitrogen and oxygen atoms in total. The van der Waals surface area contributed by atoms with E-state index in [0.29, 0.717) is 28.9 Å². The molecule has 9 heteroatoms. The number of rotatable bonds is 11. The van der Waals surface area contributed by atoms with E-state index in [2.05, 4.69) is 16.0 Å². The van der Waals surface area contributed by atoms with Gasteiger partial charge in [0.15, 0.2) is 0 Å². The molecule has 1 unspecified atom stereocenters. The third kappa shape index (κ3) is 8.67. The fourth-order valence-corrected chi connectivity index (χ4v) is 5.13. The van der Waals surface area contributed by atoms with Crippen LogP contribution in [0.4, 0.5) is 11.4 Å². The molecule has 4 amide bonds. The van der Waals surface area contributed by atoms with Crippen LogP contribution in [0.1, 0.15) is 45.2 Å². The van der Waals surface area contributed by atoms with Crippen molar-refractivity contribution in [1.29, 1.82) is 0 Å². The average molecular weight is 593 g/mol. The van der Waals surface area contributed by atoms with Gasteiger partial charge in [0.1, 0.15) is 5.70 Å². The summed E-state index contributed by atoms with van der Waals surface area (Å²) in [6, 6.07) is 29.8. The first-order valence-electron chi connectivity index (χ1n) is 13.7. The van der Waals surface area contributed by atoms with E-state index in [1.807, 2.05) is 50.2 Å². The number of hydrogen-bond donors (Lipinski definition) is 4. The lowest BCUT2D eigenvalue weighted by atomic mass is 10.1. The van der Waals surface area contributed by atoms with Crippen molar-refractivity contribution >= 4 is 52.8 Å². The largest absolute Gasteiger partial charge is 0.366 e.